The van der Waals surface area contributed by atoms with E-state index in [-0.39, 0.29) is 12.5 Å². The minimum Gasteiger partial charge on any atom is -0.497 e. The van der Waals surface area contributed by atoms with E-state index < -0.39 is 11.8 Å². The molecule has 0 aliphatic heterocycles. The molecule has 3 N–H and O–H groups in total. The Kier molecular flexibility index (Phi) is 8.55. The van der Waals surface area contributed by atoms with Crippen LogP contribution in [0.4, 0.5) is 11.4 Å². The molecule has 9 nitrogen and oxygen atoms in total. The molecule has 3 rings (SSSR count). The van der Waals surface area contributed by atoms with Crippen LogP contribution in [0.3, 0.4) is 0 Å². The number of benzene rings is 3. The van der Waals surface area contributed by atoms with Crippen LogP contribution in [0.15, 0.2) is 71.8 Å². The number of nitrogens with one attached hydrogen (secondary N) is 3. The molecule has 0 saturated carbocycles. The van der Waals surface area contributed by atoms with Gasteiger partial charge in [0.1, 0.15) is 11.5 Å². The van der Waals surface area contributed by atoms with Gasteiger partial charge in [0.2, 0.25) is 0 Å². The Labute approximate surface area is 203 Å². The summed E-state index contributed by atoms with van der Waals surface area (Å²) in [5.41, 5.74) is 6.11. The standard InChI is InChI=1S/C26H26N4O5/c1-17-6-4-9-23(18(17)2)29-24(31)16-35-21-12-10-19(11-13-21)15-27-30-26(33)25(32)28-20-7-5-8-22(14-20)34-3/h4-15H,16H2,1-3H3,(H,28,32)(H,29,31)(H,30,33)/b27-15+. The second-order valence-corrected chi connectivity index (χ2v) is 7.54. The summed E-state index contributed by atoms with van der Waals surface area (Å²) in [7, 11) is 1.51. The number of carbonyl (C=O) groups excluding carboxylic acids is 3. The Morgan fingerprint density at radius 2 is 1.63 bits per heavy atom. The van der Waals surface area contributed by atoms with E-state index >= 15 is 0 Å². The van der Waals surface area contributed by atoms with Gasteiger partial charge in [0.15, 0.2) is 6.61 Å². The fourth-order valence-electron chi connectivity index (χ4n) is 2.98. The van der Waals surface area contributed by atoms with Crippen molar-refractivity contribution in [3.8, 4) is 11.5 Å². The molecule has 0 unspecified atom stereocenters. The van der Waals surface area contributed by atoms with E-state index in [0.717, 1.165) is 16.8 Å². The van der Waals surface area contributed by atoms with E-state index in [9.17, 15) is 14.4 Å². The average Bonchev–Trinajstić information content (AvgIpc) is 2.86. The van der Waals surface area contributed by atoms with Gasteiger partial charge in [0, 0.05) is 17.4 Å². The van der Waals surface area contributed by atoms with Gasteiger partial charge in [-0.05, 0) is 73.0 Å². The monoisotopic (exact) mass is 474 g/mol. The molecule has 35 heavy (non-hydrogen) atoms. The van der Waals surface area contributed by atoms with Gasteiger partial charge in [-0.25, -0.2) is 5.43 Å². The number of methoxy groups -OCH3 is 1. The van der Waals surface area contributed by atoms with Gasteiger partial charge in [-0.15, -0.1) is 0 Å². The Bertz CT molecular complexity index is 1240. The summed E-state index contributed by atoms with van der Waals surface area (Å²) in [6, 6.07) is 19.1. The van der Waals surface area contributed by atoms with Crippen molar-refractivity contribution in [1.29, 1.82) is 0 Å². The van der Waals surface area contributed by atoms with E-state index in [1.807, 2.05) is 32.0 Å². The van der Waals surface area contributed by atoms with Crippen molar-refractivity contribution < 1.29 is 23.9 Å². The van der Waals surface area contributed by atoms with Crippen LogP contribution in [0.5, 0.6) is 11.5 Å². The fraction of sp³-hybridized carbons (Fsp3) is 0.154. The number of hydrogen-bond donors (Lipinski definition) is 3. The predicted octanol–water partition coefficient (Wildman–Crippen LogP) is 3.42. The average molecular weight is 475 g/mol. The Morgan fingerprint density at radius 3 is 2.37 bits per heavy atom. The summed E-state index contributed by atoms with van der Waals surface area (Å²) in [6.45, 7) is 3.79. The lowest BCUT2D eigenvalue weighted by Crippen LogP contribution is -2.32. The first kappa shape index (κ1) is 25.0. The molecule has 0 radical (unpaired) electrons. The number of hydrazone groups is 1. The smallest absolute Gasteiger partial charge is 0.329 e. The normalized spacial score (nSPS) is 10.5. The second-order valence-electron chi connectivity index (χ2n) is 7.54. The van der Waals surface area contributed by atoms with Crippen molar-refractivity contribution in [3.05, 3.63) is 83.4 Å². The molecule has 0 atom stereocenters. The molecule has 180 valence electrons. The van der Waals surface area contributed by atoms with Crippen LogP contribution in [0.1, 0.15) is 16.7 Å². The maximum atomic E-state index is 12.2. The minimum absolute atomic E-state index is 0.140. The van der Waals surface area contributed by atoms with Crippen molar-refractivity contribution >= 4 is 35.3 Å². The zero-order chi connectivity index (χ0) is 25.2. The maximum absolute atomic E-state index is 12.2. The number of amides is 3. The van der Waals surface area contributed by atoms with Crippen molar-refractivity contribution in [2.45, 2.75) is 13.8 Å². The topological polar surface area (TPSA) is 118 Å². The summed E-state index contributed by atoms with van der Waals surface area (Å²) in [4.78, 5) is 36.1. The highest BCUT2D eigenvalue weighted by molar-refractivity contribution is 6.39. The van der Waals surface area contributed by atoms with Crippen LogP contribution in [-0.2, 0) is 14.4 Å². The van der Waals surface area contributed by atoms with Crippen LogP contribution in [0.2, 0.25) is 0 Å². The fourth-order valence-corrected chi connectivity index (χ4v) is 2.98. The van der Waals surface area contributed by atoms with Gasteiger partial charge >= 0.3 is 11.8 Å². The number of nitrogens with zero attached hydrogens (tertiary/aromatic N) is 1. The summed E-state index contributed by atoms with van der Waals surface area (Å²) in [5, 5.41) is 9.09. The summed E-state index contributed by atoms with van der Waals surface area (Å²) in [6.07, 6.45) is 1.38. The first-order valence-electron chi connectivity index (χ1n) is 10.7. The molecule has 0 heterocycles. The van der Waals surface area contributed by atoms with Gasteiger partial charge in [-0.2, -0.15) is 5.10 Å². The Morgan fingerprint density at radius 1 is 0.886 bits per heavy atom. The van der Waals surface area contributed by atoms with Crippen molar-refractivity contribution in [2.75, 3.05) is 24.4 Å². The molecule has 0 aliphatic rings. The zero-order valence-electron chi connectivity index (χ0n) is 19.6. The number of hydrogen-bond acceptors (Lipinski definition) is 6. The third-order valence-electron chi connectivity index (χ3n) is 5.04. The van der Waals surface area contributed by atoms with Gasteiger partial charge in [-0.3, -0.25) is 14.4 Å². The Balaban J connectivity index is 1.44. The van der Waals surface area contributed by atoms with E-state index in [1.165, 1.54) is 13.3 Å². The first-order valence-corrected chi connectivity index (χ1v) is 10.7. The second kappa shape index (κ2) is 12.0. The van der Waals surface area contributed by atoms with Crippen LogP contribution in [-0.4, -0.2) is 37.7 Å². The lowest BCUT2D eigenvalue weighted by atomic mass is 10.1. The third kappa shape index (κ3) is 7.43. The van der Waals surface area contributed by atoms with Gasteiger partial charge in [-0.1, -0.05) is 18.2 Å². The third-order valence-corrected chi connectivity index (χ3v) is 5.04. The summed E-state index contributed by atoms with van der Waals surface area (Å²) in [5.74, 6) is -0.993. The lowest BCUT2D eigenvalue weighted by Gasteiger charge is -2.11. The molecular weight excluding hydrogens is 448 g/mol. The molecule has 9 heteroatoms. The molecule has 3 amide bonds. The quantitative estimate of drug-likeness (QED) is 0.263. The SMILES string of the molecule is COc1cccc(NC(=O)C(=O)N/N=C/c2ccc(OCC(=O)Nc3cccc(C)c3C)cc2)c1. The number of rotatable bonds is 8. The van der Waals surface area contributed by atoms with E-state index in [1.54, 1.807) is 48.5 Å². The van der Waals surface area contributed by atoms with Gasteiger partial charge in [0.25, 0.3) is 5.91 Å². The zero-order valence-corrected chi connectivity index (χ0v) is 19.6. The number of ether oxygens (including phenoxy) is 2. The number of aryl methyl sites for hydroxylation is 1. The minimum atomic E-state index is -0.918. The molecule has 0 aromatic heterocycles. The van der Waals surface area contributed by atoms with Crippen molar-refractivity contribution in [1.82, 2.24) is 5.43 Å². The highest BCUT2D eigenvalue weighted by atomic mass is 16.5. The van der Waals surface area contributed by atoms with Gasteiger partial charge in [0.05, 0.1) is 13.3 Å². The molecular formula is C26H26N4O5. The molecule has 0 spiro atoms. The lowest BCUT2D eigenvalue weighted by molar-refractivity contribution is -0.136. The molecule has 0 aliphatic carbocycles. The highest BCUT2D eigenvalue weighted by Gasteiger charge is 2.13. The summed E-state index contributed by atoms with van der Waals surface area (Å²) >= 11 is 0. The van der Waals surface area contributed by atoms with E-state index in [0.29, 0.717) is 22.7 Å². The predicted molar refractivity (Wildman–Crippen MR) is 134 cm³/mol. The van der Waals surface area contributed by atoms with Crippen LogP contribution in [0.25, 0.3) is 0 Å². The first-order chi connectivity index (χ1) is 16.9. The van der Waals surface area contributed by atoms with Crippen LogP contribution in [0, 0.1) is 13.8 Å². The maximum Gasteiger partial charge on any atom is 0.329 e. The van der Waals surface area contributed by atoms with E-state index in [2.05, 4.69) is 21.2 Å². The number of anilines is 2. The van der Waals surface area contributed by atoms with Crippen LogP contribution >= 0.6 is 0 Å². The molecule has 0 bridgehead atoms. The Hall–Kier alpha value is -4.66. The largest absolute Gasteiger partial charge is 0.497 e. The highest BCUT2D eigenvalue weighted by Crippen LogP contribution is 2.18. The molecule has 3 aromatic rings. The van der Waals surface area contributed by atoms with Gasteiger partial charge < -0.3 is 20.1 Å². The molecule has 0 saturated heterocycles. The van der Waals surface area contributed by atoms with Crippen molar-refractivity contribution in [2.24, 2.45) is 5.10 Å². The summed E-state index contributed by atoms with van der Waals surface area (Å²) < 4.78 is 10.6. The van der Waals surface area contributed by atoms with Crippen molar-refractivity contribution in [3.63, 3.8) is 0 Å². The molecule has 3 aromatic carbocycles. The number of carbonyl (C=O) groups is 3. The molecule has 0 fully saturated rings. The van der Waals surface area contributed by atoms with E-state index in [4.69, 9.17) is 9.47 Å². The van der Waals surface area contributed by atoms with Crippen LogP contribution < -0.4 is 25.5 Å².